The molecular formula is C21H29FN2O2. The molecule has 1 heterocycles. The quantitative estimate of drug-likeness (QED) is 0.738. The highest BCUT2D eigenvalue weighted by molar-refractivity contribution is 5.94. The minimum atomic E-state index is -0.405. The fourth-order valence-electron chi connectivity index (χ4n) is 4.29. The second kappa shape index (κ2) is 8.11. The number of hydrogen-bond donors (Lipinski definition) is 0. The highest BCUT2D eigenvalue weighted by Crippen LogP contribution is 2.41. The summed E-state index contributed by atoms with van der Waals surface area (Å²) in [5.41, 5.74) is 3.23. The molecule has 2 aromatic rings. The normalized spacial score (nSPS) is 16.5. The molecule has 4 nitrogen and oxygen atoms in total. The average Bonchev–Trinajstić information content (AvgIpc) is 2.97. The van der Waals surface area contributed by atoms with E-state index in [0.29, 0.717) is 26.2 Å². The van der Waals surface area contributed by atoms with Gasteiger partial charge >= 0.3 is 0 Å². The van der Waals surface area contributed by atoms with E-state index in [-0.39, 0.29) is 11.8 Å². The van der Waals surface area contributed by atoms with Crippen LogP contribution < -0.4 is 4.74 Å². The van der Waals surface area contributed by atoms with Crippen LogP contribution in [0.2, 0.25) is 0 Å². The van der Waals surface area contributed by atoms with Gasteiger partial charge in [-0.15, -0.1) is 0 Å². The highest BCUT2D eigenvalue weighted by atomic mass is 19.1. The van der Waals surface area contributed by atoms with E-state index in [9.17, 15) is 9.18 Å². The van der Waals surface area contributed by atoms with Crippen LogP contribution in [0, 0.1) is 0 Å². The number of aromatic nitrogens is 1. The maximum atomic E-state index is 13.2. The van der Waals surface area contributed by atoms with Crippen molar-refractivity contribution in [2.24, 2.45) is 0 Å². The van der Waals surface area contributed by atoms with E-state index in [0.717, 1.165) is 47.2 Å². The van der Waals surface area contributed by atoms with Crippen LogP contribution in [0.4, 0.5) is 4.39 Å². The van der Waals surface area contributed by atoms with Crippen molar-refractivity contribution in [2.75, 3.05) is 26.4 Å². The number of likely N-dealkylation sites (N-methyl/N-ethyl adjacent to an activating group) is 1. The Morgan fingerprint density at radius 2 is 2.08 bits per heavy atom. The predicted octanol–water partition coefficient (Wildman–Crippen LogP) is 4.30. The summed E-state index contributed by atoms with van der Waals surface area (Å²) in [5, 5.41) is 1.05. The minimum Gasteiger partial charge on any atom is -0.494 e. The summed E-state index contributed by atoms with van der Waals surface area (Å²) in [4.78, 5) is 15.1. The van der Waals surface area contributed by atoms with Gasteiger partial charge in [-0.3, -0.25) is 4.79 Å². The molecule has 1 amide bonds. The standard InChI is InChI=1S/C21H29FN2O2/c1-4-23(5-2)21(25)16-8-7-9-19-20(16)17-14-15(26-6-3)10-11-18(17)24(19)13-12-22/h10-11,14,16H,4-9,12-13H2,1-3H3. The molecular weight excluding hydrogens is 331 g/mol. The van der Waals surface area contributed by atoms with Crippen molar-refractivity contribution in [3.8, 4) is 5.75 Å². The highest BCUT2D eigenvalue weighted by Gasteiger charge is 2.33. The van der Waals surface area contributed by atoms with Crippen LogP contribution in [-0.2, 0) is 17.8 Å². The number of carbonyl (C=O) groups is 1. The molecule has 5 heteroatoms. The van der Waals surface area contributed by atoms with Crippen molar-refractivity contribution in [1.29, 1.82) is 0 Å². The molecule has 1 aromatic carbocycles. The Balaban J connectivity index is 2.17. The lowest BCUT2D eigenvalue weighted by molar-refractivity contribution is -0.132. The Morgan fingerprint density at radius 1 is 1.31 bits per heavy atom. The molecule has 0 bridgehead atoms. The number of benzene rings is 1. The van der Waals surface area contributed by atoms with Crippen LogP contribution in [0.3, 0.4) is 0 Å². The second-order valence-corrected chi connectivity index (χ2v) is 6.77. The number of fused-ring (bicyclic) bond motifs is 3. The lowest BCUT2D eigenvalue weighted by Gasteiger charge is -2.29. The number of aryl methyl sites for hydroxylation is 1. The van der Waals surface area contributed by atoms with E-state index in [1.54, 1.807) is 0 Å². The third kappa shape index (κ3) is 3.19. The summed E-state index contributed by atoms with van der Waals surface area (Å²) in [5.74, 6) is 0.857. The summed E-state index contributed by atoms with van der Waals surface area (Å²) in [7, 11) is 0. The van der Waals surface area contributed by atoms with Crippen LogP contribution in [0.25, 0.3) is 10.9 Å². The number of rotatable bonds is 7. The summed E-state index contributed by atoms with van der Waals surface area (Å²) < 4.78 is 21.0. The van der Waals surface area contributed by atoms with Gasteiger partial charge in [0.15, 0.2) is 0 Å². The lowest BCUT2D eigenvalue weighted by Crippen LogP contribution is -2.36. The first kappa shape index (κ1) is 18.7. The van der Waals surface area contributed by atoms with Gasteiger partial charge in [-0.05, 0) is 63.8 Å². The molecule has 0 aliphatic heterocycles. The molecule has 0 saturated heterocycles. The molecule has 0 radical (unpaired) electrons. The third-order valence-corrected chi connectivity index (χ3v) is 5.43. The summed E-state index contributed by atoms with van der Waals surface area (Å²) in [6, 6.07) is 5.97. The van der Waals surface area contributed by atoms with Crippen molar-refractivity contribution < 1.29 is 13.9 Å². The number of hydrogen-bond acceptors (Lipinski definition) is 2. The summed E-state index contributed by atoms with van der Waals surface area (Å²) in [6.45, 7) is 7.96. The van der Waals surface area contributed by atoms with Gasteiger partial charge in [0.05, 0.1) is 19.1 Å². The van der Waals surface area contributed by atoms with Crippen LogP contribution >= 0.6 is 0 Å². The van der Waals surface area contributed by atoms with E-state index in [4.69, 9.17) is 4.74 Å². The molecule has 0 saturated carbocycles. The molecule has 1 aromatic heterocycles. The number of halogens is 1. The smallest absolute Gasteiger partial charge is 0.230 e. The molecule has 0 fully saturated rings. The van der Waals surface area contributed by atoms with Gasteiger partial charge in [0.25, 0.3) is 0 Å². The zero-order valence-electron chi connectivity index (χ0n) is 16.1. The van der Waals surface area contributed by atoms with Gasteiger partial charge < -0.3 is 14.2 Å². The van der Waals surface area contributed by atoms with Crippen LogP contribution in [-0.4, -0.2) is 41.7 Å². The van der Waals surface area contributed by atoms with Crippen molar-refractivity contribution in [1.82, 2.24) is 9.47 Å². The van der Waals surface area contributed by atoms with Crippen LogP contribution in [0.15, 0.2) is 18.2 Å². The van der Waals surface area contributed by atoms with Crippen molar-refractivity contribution in [3.05, 3.63) is 29.5 Å². The SMILES string of the molecule is CCOc1ccc2c(c1)c1c(n2CCF)CCCC1C(=O)N(CC)CC. The minimum absolute atomic E-state index is 0.140. The largest absolute Gasteiger partial charge is 0.494 e. The Labute approximate surface area is 154 Å². The van der Waals surface area contributed by atoms with Crippen LogP contribution in [0.5, 0.6) is 5.75 Å². The molecule has 142 valence electrons. The van der Waals surface area contributed by atoms with Crippen molar-refractivity contribution in [2.45, 2.75) is 52.5 Å². The van der Waals surface area contributed by atoms with Gasteiger partial charge in [-0.25, -0.2) is 4.39 Å². The zero-order chi connectivity index (χ0) is 18.7. The Bertz CT molecular complexity index is 780. The fraction of sp³-hybridized carbons (Fsp3) is 0.571. The molecule has 3 rings (SSSR count). The van der Waals surface area contributed by atoms with Gasteiger partial charge in [0.2, 0.25) is 5.91 Å². The Hall–Kier alpha value is -2.04. The van der Waals surface area contributed by atoms with Gasteiger partial charge in [-0.2, -0.15) is 0 Å². The van der Waals surface area contributed by atoms with Gasteiger partial charge in [0.1, 0.15) is 12.4 Å². The van der Waals surface area contributed by atoms with Crippen LogP contribution in [0.1, 0.15) is 50.8 Å². The number of carbonyl (C=O) groups excluding carboxylic acids is 1. The Morgan fingerprint density at radius 3 is 2.73 bits per heavy atom. The molecule has 1 aliphatic rings. The predicted molar refractivity (Wildman–Crippen MR) is 103 cm³/mol. The molecule has 1 aliphatic carbocycles. The maximum Gasteiger partial charge on any atom is 0.230 e. The van der Waals surface area contributed by atoms with Crippen molar-refractivity contribution in [3.63, 3.8) is 0 Å². The maximum absolute atomic E-state index is 13.2. The van der Waals surface area contributed by atoms with E-state index < -0.39 is 6.67 Å². The summed E-state index contributed by atoms with van der Waals surface area (Å²) >= 11 is 0. The third-order valence-electron chi connectivity index (χ3n) is 5.43. The molecule has 26 heavy (non-hydrogen) atoms. The van der Waals surface area contributed by atoms with E-state index in [1.165, 1.54) is 0 Å². The van der Waals surface area contributed by atoms with E-state index >= 15 is 0 Å². The number of nitrogens with zero attached hydrogens (tertiary/aromatic N) is 2. The fourth-order valence-corrected chi connectivity index (χ4v) is 4.29. The van der Waals surface area contributed by atoms with Gasteiger partial charge in [0, 0.05) is 29.7 Å². The average molecular weight is 360 g/mol. The topological polar surface area (TPSA) is 34.5 Å². The molecule has 0 spiro atoms. The summed E-state index contributed by atoms with van der Waals surface area (Å²) in [6.07, 6.45) is 2.72. The van der Waals surface area contributed by atoms with E-state index in [1.807, 2.05) is 43.9 Å². The first-order chi connectivity index (χ1) is 12.7. The Kier molecular flexibility index (Phi) is 5.84. The number of ether oxygens (including phenoxy) is 1. The number of alkyl halides is 1. The second-order valence-electron chi connectivity index (χ2n) is 6.77. The zero-order valence-corrected chi connectivity index (χ0v) is 16.1. The molecule has 1 atom stereocenters. The lowest BCUT2D eigenvalue weighted by atomic mass is 9.84. The van der Waals surface area contributed by atoms with Gasteiger partial charge in [-0.1, -0.05) is 0 Å². The molecule has 1 unspecified atom stereocenters. The monoisotopic (exact) mass is 360 g/mol. The van der Waals surface area contributed by atoms with E-state index in [2.05, 4.69) is 4.57 Å². The first-order valence-corrected chi connectivity index (χ1v) is 9.78. The number of amides is 1. The first-order valence-electron chi connectivity index (χ1n) is 9.78. The molecule has 0 N–H and O–H groups in total. The van der Waals surface area contributed by atoms with Crippen molar-refractivity contribution >= 4 is 16.8 Å².